The molecule has 0 unspecified atom stereocenters. The van der Waals surface area contributed by atoms with Crippen molar-refractivity contribution in [3.05, 3.63) is 99.5 Å². The topological polar surface area (TPSA) is 72.5 Å². The van der Waals surface area contributed by atoms with Crippen LogP contribution in [0, 0.1) is 5.82 Å². The van der Waals surface area contributed by atoms with Gasteiger partial charge >= 0.3 is 0 Å². The van der Waals surface area contributed by atoms with Gasteiger partial charge in [0.25, 0.3) is 11.8 Å². The molecule has 2 amide bonds. The van der Waals surface area contributed by atoms with E-state index in [0.29, 0.717) is 41.1 Å². The molecule has 0 radical (unpaired) electrons. The first kappa shape index (κ1) is 24.0. The predicted molar refractivity (Wildman–Crippen MR) is 139 cm³/mol. The summed E-state index contributed by atoms with van der Waals surface area (Å²) in [7, 11) is 0. The molecule has 1 N–H and O–H groups in total. The number of piperazine rings is 1. The van der Waals surface area contributed by atoms with Crippen LogP contribution in [-0.4, -0.2) is 52.9 Å². The lowest BCUT2D eigenvalue weighted by Crippen LogP contribution is -2.48. The molecule has 7 nitrogen and oxygen atoms in total. The third-order valence-electron chi connectivity index (χ3n) is 6.08. The maximum atomic E-state index is 13.8. The molecule has 1 fully saturated rings. The van der Waals surface area contributed by atoms with E-state index in [9.17, 15) is 14.0 Å². The van der Waals surface area contributed by atoms with Gasteiger partial charge in [-0.1, -0.05) is 17.7 Å². The van der Waals surface area contributed by atoms with Crippen molar-refractivity contribution < 1.29 is 14.0 Å². The van der Waals surface area contributed by atoms with Gasteiger partial charge in [0.15, 0.2) is 0 Å². The van der Waals surface area contributed by atoms with Gasteiger partial charge in [-0.05, 0) is 54.6 Å². The van der Waals surface area contributed by atoms with Gasteiger partial charge in [0.1, 0.15) is 5.82 Å². The molecule has 1 aliphatic heterocycles. The fraction of sp³-hybridized carbons (Fsp3) is 0.192. The Hall–Kier alpha value is -3.69. The van der Waals surface area contributed by atoms with E-state index in [2.05, 4.69) is 14.9 Å². The number of benzene rings is 2. The number of imidazole rings is 1. The Morgan fingerprint density at radius 2 is 1.83 bits per heavy atom. The molecule has 0 atom stereocenters. The monoisotopic (exact) mass is 523 g/mol. The third kappa shape index (κ3) is 5.27. The van der Waals surface area contributed by atoms with E-state index in [4.69, 9.17) is 11.6 Å². The second-order valence-electron chi connectivity index (χ2n) is 8.38. The summed E-state index contributed by atoms with van der Waals surface area (Å²) in [5.74, 6) is -0.762. The zero-order chi connectivity index (χ0) is 25.1. The number of nitrogens with zero attached hydrogens (tertiary/aromatic N) is 4. The number of amides is 2. The normalized spacial score (nSPS) is 13.6. The number of carbonyl (C=O) groups is 2. The minimum absolute atomic E-state index is 0.00667. The second-order valence-corrected chi connectivity index (χ2v) is 10.1. The number of aromatic amines is 1. The molecule has 2 aromatic carbocycles. The van der Waals surface area contributed by atoms with Crippen LogP contribution in [0.2, 0.25) is 4.34 Å². The lowest BCUT2D eigenvalue weighted by Gasteiger charge is -2.36. The van der Waals surface area contributed by atoms with Crippen molar-refractivity contribution in [3.63, 3.8) is 0 Å². The van der Waals surface area contributed by atoms with Crippen LogP contribution in [0.15, 0.2) is 73.2 Å². The van der Waals surface area contributed by atoms with Gasteiger partial charge in [0.05, 0.1) is 27.8 Å². The molecule has 1 aliphatic rings. The van der Waals surface area contributed by atoms with Crippen LogP contribution in [0.5, 0.6) is 0 Å². The Morgan fingerprint density at radius 3 is 2.47 bits per heavy atom. The zero-order valence-corrected chi connectivity index (χ0v) is 20.8. The Morgan fingerprint density at radius 1 is 1.06 bits per heavy atom. The fourth-order valence-electron chi connectivity index (χ4n) is 4.20. The Balaban J connectivity index is 1.29. The first-order chi connectivity index (χ1) is 17.5. The van der Waals surface area contributed by atoms with Crippen molar-refractivity contribution in [1.82, 2.24) is 14.9 Å². The van der Waals surface area contributed by atoms with E-state index in [1.807, 2.05) is 29.2 Å². The number of hydrogen-bond donors (Lipinski definition) is 1. The van der Waals surface area contributed by atoms with Crippen molar-refractivity contribution in [3.8, 4) is 0 Å². The van der Waals surface area contributed by atoms with Crippen molar-refractivity contribution in [2.24, 2.45) is 0 Å². The van der Waals surface area contributed by atoms with Crippen molar-refractivity contribution in [2.75, 3.05) is 36.0 Å². The molecule has 36 heavy (non-hydrogen) atoms. The van der Waals surface area contributed by atoms with Crippen LogP contribution >= 0.6 is 22.9 Å². The molecule has 0 aliphatic carbocycles. The van der Waals surface area contributed by atoms with Crippen molar-refractivity contribution in [1.29, 1.82) is 0 Å². The maximum Gasteiger partial charge on any atom is 0.264 e. The highest BCUT2D eigenvalue weighted by atomic mass is 35.5. The smallest absolute Gasteiger partial charge is 0.264 e. The lowest BCUT2D eigenvalue weighted by atomic mass is 10.1. The Labute approximate surface area is 216 Å². The number of anilines is 2. The number of halogens is 2. The summed E-state index contributed by atoms with van der Waals surface area (Å²) >= 11 is 7.27. The van der Waals surface area contributed by atoms with Gasteiger partial charge < -0.3 is 19.7 Å². The number of nitrogens with one attached hydrogen (secondary N) is 1. The van der Waals surface area contributed by atoms with Gasteiger partial charge in [-0.25, -0.2) is 9.37 Å². The summed E-state index contributed by atoms with van der Waals surface area (Å²) in [4.78, 5) is 39.3. The predicted octanol–water partition coefficient (Wildman–Crippen LogP) is 5.07. The number of rotatable bonds is 6. The maximum absolute atomic E-state index is 13.8. The van der Waals surface area contributed by atoms with Crippen LogP contribution in [0.1, 0.15) is 25.7 Å². The van der Waals surface area contributed by atoms with E-state index in [1.165, 1.54) is 29.5 Å². The largest absolute Gasteiger partial charge is 0.368 e. The number of hydrogen-bond acceptors (Lipinski definition) is 5. The highest BCUT2D eigenvalue weighted by Gasteiger charge is 2.24. The van der Waals surface area contributed by atoms with Crippen LogP contribution in [-0.2, 0) is 6.54 Å². The number of aromatic nitrogens is 2. The van der Waals surface area contributed by atoms with Crippen LogP contribution in [0.25, 0.3) is 0 Å². The van der Waals surface area contributed by atoms with E-state index >= 15 is 0 Å². The summed E-state index contributed by atoms with van der Waals surface area (Å²) in [5.41, 5.74) is 2.72. The third-order valence-corrected chi connectivity index (χ3v) is 7.30. The summed E-state index contributed by atoms with van der Waals surface area (Å²) in [5, 5.41) is 0. The minimum atomic E-state index is -0.461. The standard InChI is InChI=1S/C26H23ClFN5O2S/c27-24-9-8-23(36-24)26(35)32-12-10-31(11-13-32)21-4-6-22(7-5-21)33(16-20-15-29-17-30-20)25(34)18-2-1-3-19(28)14-18/h1-9,14-15,17H,10-13,16H2,(H,29,30). The van der Waals surface area contributed by atoms with Gasteiger partial charge in [-0.15, -0.1) is 11.3 Å². The molecule has 2 aromatic heterocycles. The van der Waals surface area contributed by atoms with Crippen LogP contribution in [0.3, 0.4) is 0 Å². The average Bonchev–Trinajstić information content (AvgIpc) is 3.58. The van der Waals surface area contributed by atoms with E-state index in [0.717, 1.165) is 11.4 Å². The minimum Gasteiger partial charge on any atom is -0.368 e. The van der Waals surface area contributed by atoms with E-state index in [-0.39, 0.29) is 23.9 Å². The molecule has 184 valence electrons. The van der Waals surface area contributed by atoms with E-state index in [1.54, 1.807) is 35.6 Å². The van der Waals surface area contributed by atoms with E-state index < -0.39 is 5.82 Å². The molecular formula is C26H23ClFN5O2S. The Bertz CT molecular complexity index is 1350. The van der Waals surface area contributed by atoms with Crippen molar-refractivity contribution >= 4 is 46.1 Å². The molecule has 0 saturated carbocycles. The molecule has 5 rings (SSSR count). The highest BCUT2D eigenvalue weighted by Crippen LogP contribution is 2.26. The summed E-state index contributed by atoms with van der Waals surface area (Å²) < 4.78 is 14.4. The SMILES string of the molecule is O=C(c1ccc(Cl)s1)N1CCN(c2ccc(N(Cc3cnc[nH]3)C(=O)c3cccc(F)c3)cc2)CC1. The summed E-state index contributed by atoms with van der Waals surface area (Å²) in [6, 6.07) is 16.9. The number of thiophene rings is 1. The van der Waals surface area contributed by atoms with Gasteiger partial charge in [-0.3, -0.25) is 9.59 Å². The molecule has 10 heteroatoms. The van der Waals surface area contributed by atoms with Crippen LogP contribution < -0.4 is 9.80 Å². The van der Waals surface area contributed by atoms with Crippen LogP contribution in [0.4, 0.5) is 15.8 Å². The zero-order valence-electron chi connectivity index (χ0n) is 19.2. The lowest BCUT2D eigenvalue weighted by molar-refractivity contribution is 0.0751. The molecule has 1 saturated heterocycles. The first-order valence-electron chi connectivity index (χ1n) is 11.4. The number of H-pyrrole nitrogens is 1. The van der Waals surface area contributed by atoms with Gasteiger partial charge in [-0.2, -0.15) is 0 Å². The average molecular weight is 524 g/mol. The quantitative estimate of drug-likeness (QED) is 0.383. The molecule has 0 bridgehead atoms. The molecular weight excluding hydrogens is 501 g/mol. The highest BCUT2D eigenvalue weighted by molar-refractivity contribution is 7.17. The molecule has 0 spiro atoms. The fourth-order valence-corrected chi connectivity index (χ4v) is 5.21. The van der Waals surface area contributed by atoms with Crippen molar-refractivity contribution in [2.45, 2.75) is 6.54 Å². The second kappa shape index (κ2) is 10.5. The van der Waals surface area contributed by atoms with Gasteiger partial charge in [0.2, 0.25) is 0 Å². The molecule has 3 heterocycles. The first-order valence-corrected chi connectivity index (χ1v) is 12.6. The summed E-state index contributed by atoms with van der Waals surface area (Å²) in [6.07, 6.45) is 3.21. The Kier molecular flexibility index (Phi) is 7.02. The summed E-state index contributed by atoms with van der Waals surface area (Å²) in [6.45, 7) is 2.89. The molecule has 4 aromatic rings. The number of carbonyl (C=O) groups excluding carboxylic acids is 2. The van der Waals surface area contributed by atoms with Gasteiger partial charge in [0, 0.05) is 49.3 Å².